The Hall–Kier alpha value is -1.74. The summed E-state index contributed by atoms with van der Waals surface area (Å²) in [5.74, 6) is 1.10. The first-order valence-electron chi connectivity index (χ1n) is 6.58. The van der Waals surface area contributed by atoms with Crippen LogP contribution in [0.15, 0.2) is 40.4 Å². The molecule has 1 heterocycles. The van der Waals surface area contributed by atoms with E-state index in [0.717, 1.165) is 11.0 Å². The molecule has 0 saturated heterocycles. The Labute approximate surface area is 139 Å². The van der Waals surface area contributed by atoms with Gasteiger partial charge in [-0.15, -0.1) is 10.2 Å². The Kier molecular flexibility index (Phi) is 5.20. The van der Waals surface area contributed by atoms with Crippen LogP contribution in [0.2, 0.25) is 0 Å². The van der Waals surface area contributed by atoms with Crippen LogP contribution >= 0.6 is 22.4 Å². The van der Waals surface area contributed by atoms with Crippen LogP contribution in [-0.2, 0) is 6.42 Å². The van der Waals surface area contributed by atoms with Crippen LogP contribution in [0.4, 0.5) is 13.2 Å². The SMILES string of the molecule is COc1cccc(CCS2(NC(N)=S)C=NC(C(F)(F)F)=C2)c1. The maximum atomic E-state index is 12.8. The lowest BCUT2D eigenvalue weighted by molar-refractivity contribution is -0.0919. The largest absolute Gasteiger partial charge is 0.497 e. The molecule has 4 nitrogen and oxygen atoms in total. The van der Waals surface area contributed by atoms with Gasteiger partial charge in [-0.25, -0.2) is 4.99 Å². The first-order chi connectivity index (χ1) is 10.7. The van der Waals surface area contributed by atoms with Gasteiger partial charge in [0.2, 0.25) is 0 Å². The smallest absolute Gasteiger partial charge is 0.433 e. The van der Waals surface area contributed by atoms with Gasteiger partial charge in [0.15, 0.2) is 10.8 Å². The summed E-state index contributed by atoms with van der Waals surface area (Å²) < 4.78 is 46.4. The molecule has 0 bridgehead atoms. The second-order valence-electron chi connectivity index (χ2n) is 4.86. The highest BCUT2D eigenvalue weighted by Crippen LogP contribution is 2.50. The average Bonchev–Trinajstić information content (AvgIpc) is 2.89. The number of allylic oxidation sites excluding steroid dienone is 1. The first-order valence-corrected chi connectivity index (χ1v) is 8.92. The lowest BCUT2D eigenvalue weighted by Crippen LogP contribution is -2.33. The molecule has 0 aromatic heterocycles. The Balaban J connectivity index is 2.19. The van der Waals surface area contributed by atoms with Crippen LogP contribution < -0.4 is 15.2 Å². The molecule has 1 unspecified atom stereocenters. The number of nitrogens with one attached hydrogen (secondary N) is 1. The third-order valence-electron chi connectivity index (χ3n) is 3.15. The second-order valence-corrected chi connectivity index (χ2v) is 8.05. The number of hydrogen-bond donors (Lipinski definition) is 2. The van der Waals surface area contributed by atoms with Crippen molar-refractivity contribution in [1.29, 1.82) is 0 Å². The van der Waals surface area contributed by atoms with E-state index < -0.39 is 22.1 Å². The van der Waals surface area contributed by atoms with Crippen LogP contribution in [0.5, 0.6) is 5.75 Å². The number of nitrogens with two attached hydrogens (primary N) is 1. The maximum absolute atomic E-state index is 12.8. The van der Waals surface area contributed by atoms with Crippen LogP contribution in [0, 0.1) is 0 Å². The number of methoxy groups -OCH3 is 1. The van der Waals surface area contributed by atoms with Crippen molar-refractivity contribution in [3.8, 4) is 5.75 Å². The zero-order valence-electron chi connectivity index (χ0n) is 12.3. The van der Waals surface area contributed by atoms with Crippen molar-refractivity contribution >= 4 is 33.1 Å². The van der Waals surface area contributed by atoms with Gasteiger partial charge in [-0.3, -0.25) is 0 Å². The van der Waals surface area contributed by atoms with Gasteiger partial charge in [0, 0.05) is 11.2 Å². The number of ether oxygens (including phenoxy) is 1. The maximum Gasteiger partial charge on any atom is 0.433 e. The van der Waals surface area contributed by atoms with Crippen molar-refractivity contribution in [3.63, 3.8) is 0 Å². The molecule has 1 aliphatic rings. The predicted octanol–water partition coefficient (Wildman–Crippen LogP) is 3.24. The summed E-state index contributed by atoms with van der Waals surface area (Å²) in [5, 5.41) is 1.06. The molecule has 0 saturated carbocycles. The average molecular weight is 363 g/mol. The van der Waals surface area contributed by atoms with E-state index in [9.17, 15) is 13.2 Å². The molecule has 0 amide bonds. The number of aryl methyl sites for hydroxylation is 1. The van der Waals surface area contributed by atoms with E-state index in [0.29, 0.717) is 17.9 Å². The van der Waals surface area contributed by atoms with Crippen LogP contribution in [0.3, 0.4) is 0 Å². The Morgan fingerprint density at radius 1 is 1.43 bits per heavy atom. The van der Waals surface area contributed by atoms with Gasteiger partial charge in [0.25, 0.3) is 0 Å². The molecule has 1 aromatic rings. The minimum Gasteiger partial charge on any atom is -0.497 e. The van der Waals surface area contributed by atoms with Crippen molar-refractivity contribution in [2.24, 2.45) is 10.7 Å². The normalized spacial score (nSPS) is 23.0. The Morgan fingerprint density at radius 3 is 2.74 bits per heavy atom. The van der Waals surface area contributed by atoms with Gasteiger partial charge in [-0.1, -0.05) is 12.1 Å². The van der Waals surface area contributed by atoms with E-state index in [4.69, 9.17) is 22.7 Å². The van der Waals surface area contributed by atoms with Crippen LogP contribution in [0.1, 0.15) is 5.56 Å². The van der Waals surface area contributed by atoms with E-state index in [-0.39, 0.29) is 5.11 Å². The summed E-state index contributed by atoms with van der Waals surface area (Å²) in [5.41, 5.74) is 6.79. The van der Waals surface area contributed by atoms with E-state index in [2.05, 4.69) is 9.71 Å². The molecule has 2 rings (SSSR count). The second kappa shape index (κ2) is 6.79. The topological polar surface area (TPSA) is 59.6 Å². The quantitative estimate of drug-likeness (QED) is 0.789. The molecule has 0 radical (unpaired) electrons. The number of hydrogen-bond acceptors (Lipinski definition) is 3. The van der Waals surface area contributed by atoms with Gasteiger partial charge in [-0.05, 0) is 36.3 Å². The number of rotatable bonds is 5. The van der Waals surface area contributed by atoms with Gasteiger partial charge in [0.05, 0.1) is 12.7 Å². The molecular weight excluding hydrogens is 347 g/mol. The molecule has 0 aliphatic carbocycles. The van der Waals surface area contributed by atoms with Crippen molar-refractivity contribution in [1.82, 2.24) is 4.72 Å². The molecule has 1 atom stereocenters. The van der Waals surface area contributed by atoms with Gasteiger partial charge >= 0.3 is 6.18 Å². The minimum atomic E-state index is -4.49. The number of benzene rings is 1. The first kappa shape index (κ1) is 17.6. The summed E-state index contributed by atoms with van der Waals surface area (Å²) in [4.78, 5) is 3.51. The van der Waals surface area contributed by atoms with Crippen LogP contribution in [0.25, 0.3) is 0 Å². The number of thiocarbonyl (C=S) groups is 1. The summed E-state index contributed by atoms with van der Waals surface area (Å²) in [6.07, 6.45) is -3.95. The molecule has 1 aliphatic heterocycles. The van der Waals surface area contributed by atoms with Crippen LogP contribution in [-0.4, -0.2) is 29.7 Å². The third-order valence-corrected chi connectivity index (χ3v) is 5.98. The summed E-state index contributed by atoms with van der Waals surface area (Å²) >= 11 is 4.80. The van der Waals surface area contributed by atoms with Gasteiger partial charge < -0.3 is 15.2 Å². The lowest BCUT2D eigenvalue weighted by Gasteiger charge is -2.31. The fourth-order valence-electron chi connectivity index (χ4n) is 2.07. The van der Waals surface area contributed by atoms with E-state index in [1.54, 1.807) is 13.2 Å². The highest BCUT2D eigenvalue weighted by molar-refractivity contribution is 8.45. The molecular formula is C14H16F3N3OS2. The predicted molar refractivity (Wildman–Crippen MR) is 91.7 cm³/mol. The summed E-state index contributed by atoms with van der Waals surface area (Å²) in [7, 11) is -0.583. The highest BCUT2D eigenvalue weighted by atomic mass is 32.3. The van der Waals surface area contributed by atoms with Crippen molar-refractivity contribution in [2.75, 3.05) is 12.9 Å². The van der Waals surface area contributed by atoms with Gasteiger partial charge in [0.1, 0.15) is 5.75 Å². The third kappa shape index (κ3) is 4.61. The molecule has 0 spiro atoms. The molecule has 0 fully saturated rings. The standard InChI is InChI=1S/C14H16F3N3OS2/c1-21-11-4-2-3-10(7-11)5-6-23(20-13(18)22)8-12(19-9-23)14(15,16)17/h2-4,7-9H,5-6H2,1H3,(H3,18,20,22). The van der Waals surface area contributed by atoms with Crippen molar-refractivity contribution in [2.45, 2.75) is 12.6 Å². The zero-order valence-corrected chi connectivity index (χ0v) is 13.9. The fraction of sp³-hybridized carbons (Fsp3) is 0.286. The number of halogens is 3. The zero-order chi connectivity index (χ0) is 17.1. The Bertz CT molecular complexity index is 661. The van der Waals surface area contributed by atoms with E-state index in [1.807, 2.05) is 18.2 Å². The molecule has 3 N–H and O–H groups in total. The summed E-state index contributed by atoms with van der Waals surface area (Å²) in [6, 6.07) is 7.36. The monoisotopic (exact) mass is 363 g/mol. The minimum absolute atomic E-state index is 0.0447. The summed E-state index contributed by atoms with van der Waals surface area (Å²) in [6.45, 7) is 0. The number of nitrogens with zero attached hydrogens (tertiary/aromatic N) is 1. The highest BCUT2D eigenvalue weighted by Gasteiger charge is 2.39. The fourth-order valence-corrected chi connectivity index (χ4v) is 4.88. The molecule has 23 heavy (non-hydrogen) atoms. The lowest BCUT2D eigenvalue weighted by atomic mass is 10.2. The van der Waals surface area contributed by atoms with E-state index in [1.165, 1.54) is 5.55 Å². The molecule has 9 heteroatoms. The van der Waals surface area contributed by atoms with Gasteiger partial charge in [-0.2, -0.15) is 13.2 Å². The Morgan fingerprint density at radius 2 is 2.17 bits per heavy atom. The van der Waals surface area contributed by atoms with Crippen molar-refractivity contribution in [3.05, 3.63) is 40.9 Å². The van der Waals surface area contributed by atoms with E-state index >= 15 is 0 Å². The number of aliphatic imine (C=N–C) groups is 1. The number of alkyl halides is 3. The molecule has 126 valence electrons. The van der Waals surface area contributed by atoms with Crippen molar-refractivity contribution < 1.29 is 17.9 Å². The molecule has 1 aromatic carbocycles.